The summed E-state index contributed by atoms with van der Waals surface area (Å²) in [6, 6.07) is 7.96. The number of ether oxygens (including phenoxy) is 1. The Bertz CT molecular complexity index is 963. The van der Waals surface area contributed by atoms with Crippen molar-refractivity contribution in [1.82, 2.24) is 15.3 Å². The van der Waals surface area contributed by atoms with Crippen LogP contribution >= 0.6 is 11.3 Å². The summed E-state index contributed by atoms with van der Waals surface area (Å²) in [5.74, 6) is 1.20. The molecule has 26 heavy (non-hydrogen) atoms. The number of nitrogens with zero attached hydrogens (tertiary/aromatic N) is 3. The molecule has 2 aliphatic heterocycles. The topological polar surface area (TPSA) is 50.3 Å². The van der Waals surface area contributed by atoms with Gasteiger partial charge in [0.05, 0.1) is 18.1 Å². The molecule has 5 rings (SSSR count). The van der Waals surface area contributed by atoms with Gasteiger partial charge >= 0.3 is 0 Å². The minimum atomic E-state index is -0.286. The van der Waals surface area contributed by atoms with Crippen LogP contribution in [0.2, 0.25) is 0 Å². The zero-order chi connectivity index (χ0) is 17.7. The summed E-state index contributed by atoms with van der Waals surface area (Å²) in [4.78, 5) is 13.0. The number of hydrogen-bond donors (Lipinski definition) is 1. The maximum atomic E-state index is 14.5. The molecule has 134 valence electrons. The molecule has 2 aromatic heterocycles. The molecule has 0 aliphatic carbocycles. The van der Waals surface area contributed by atoms with E-state index in [1.165, 1.54) is 30.2 Å². The number of aromatic nitrogens is 2. The van der Waals surface area contributed by atoms with Gasteiger partial charge in [-0.2, -0.15) is 0 Å². The molecule has 3 aromatic rings. The third-order valence-corrected chi connectivity index (χ3v) is 6.33. The van der Waals surface area contributed by atoms with Crippen molar-refractivity contribution in [2.45, 2.75) is 24.9 Å². The molecule has 2 unspecified atom stereocenters. The molecule has 0 saturated carbocycles. The minimum absolute atomic E-state index is 0.286. The van der Waals surface area contributed by atoms with E-state index < -0.39 is 0 Å². The first-order valence-corrected chi connectivity index (χ1v) is 9.63. The number of halogens is 1. The van der Waals surface area contributed by atoms with Crippen molar-refractivity contribution in [1.29, 1.82) is 0 Å². The average molecular weight is 370 g/mol. The molecule has 2 atom stereocenters. The fourth-order valence-corrected chi connectivity index (χ4v) is 5.15. The Morgan fingerprint density at radius 2 is 2.04 bits per heavy atom. The Morgan fingerprint density at radius 1 is 1.23 bits per heavy atom. The molecule has 7 heteroatoms. The summed E-state index contributed by atoms with van der Waals surface area (Å²) < 4.78 is 19.9. The lowest BCUT2D eigenvalue weighted by Crippen LogP contribution is -2.51. The Hall–Kier alpha value is -2.25. The van der Waals surface area contributed by atoms with Gasteiger partial charge in [-0.25, -0.2) is 14.4 Å². The van der Waals surface area contributed by atoms with Crippen LogP contribution in [0.15, 0.2) is 30.6 Å². The molecule has 1 aromatic carbocycles. The standard InChI is InChI=1S/C19H19FN4OS/c1-25-15-4-2-3-14(20)17(15)16-7-13-18(21-10-22-19(13)26-16)24-8-11-5-6-12(9-24)23-11/h2-4,7,10-12,23H,5-6,8-9H2,1H3. The van der Waals surface area contributed by atoms with E-state index in [0.717, 1.165) is 34.0 Å². The van der Waals surface area contributed by atoms with Gasteiger partial charge < -0.3 is 15.0 Å². The van der Waals surface area contributed by atoms with Crippen molar-refractivity contribution in [3.8, 4) is 16.2 Å². The van der Waals surface area contributed by atoms with Gasteiger partial charge in [-0.1, -0.05) is 6.07 Å². The number of hydrogen-bond acceptors (Lipinski definition) is 6. The van der Waals surface area contributed by atoms with Crippen molar-refractivity contribution < 1.29 is 9.13 Å². The first-order valence-electron chi connectivity index (χ1n) is 8.81. The third-order valence-electron chi connectivity index (χ3n) is 5.27. The van der Waals surface area contributed by atoms with Crippen LogP contribution in [0.25, 0.3) is 20.7 Å². The number of rotatable bonds is 3. The maximum absolute atomic E-state index is 14.5. The highest BCUT2D eigenvalue weighted by Crippen LogP contribution is 2.41. The molecule has 2 aliphatic rings. The maximum Gasteiger partial charge on any atom is 0.140 e. The number of anilines is 1. The lowest BCUT2D eigenvalue weighted by Gasteiger charge is -2.33. The molecule has 2 fully saturated rings. The SMILES string of the molecule is COc1cccc(F)c1-c1cc2c(N3CC4CCC(C3)N4)ncnc2s1. The molecular formula is C19H19FN4OS. The van der Waals surface area contributed by atoms with Crippen molar-refractivity contribution >= 4 is 27.4 Å². The molecule has 4 heterocycles. The van der Waals surface area contributed by atoms with E-state index in [4.69, 9.17) is 4.74 Å². The normalized spacial score (nSPS) is 22.2. The summed E-state index contributed by atoms with van der Waals surface area (Å²) in [5.41, 5.74) is 0.490. The molecule has 5 nitrogen and oxygen atoms in total. The van der Waals surface area contributed by atoms with E-state index >= 15 is 0 Å². The Morgan fingerprint density at radius 3 is 2.81 bits per heavy atom. The van der Waals surface area contributed by atoms with Crippen molar-refractivity contribution in [2.75, 3.05) is 25.1 Å². The number of benzene rings is 1. The van der Waals surface area contributed by atoms with Gasteiger partial charge in [0.15, 0.2) is 0 Å². The number of thiophene rings is 1. The van der Waals surface area contributed by atoms with E-state index in [2.05, 4.69) is 20.2 Å². The first kappa shape index (κ1) is 16.0. The van der Waals surface area contributed by atoms with E-state index in [9.17, 15) is 4.39 Å². The molecular weight excluding hydrogens is 351 g/mol. The average Bonchev–Trinajstić information content (AvgIpc) is 3.23. The number of piperazine rings is 1. The van der Waals surface area contributed by atoms with Crippen LogP contribution in [0.1, 0.15) is 12.8 Å². The molecule has 2 bridgehead atoms. The van der Waals surface area contributed by atoms with Crippen LogP contribution in [0, 0.1) is 5.82 Å². The van der Waals surface area contributed by atoms with Crippen LogP contribution in [-0.2, 0) is 0 Å². The predicted molar refractivity (Wildman–Crippen MR) is 102 cm³/mol. The van der Waals surface area contributed by atoms with Gasteiger partial charge in [0.25, 0.3) is 0 Å². The molecule has 0 radical (unpaired) electrons. The van der Waals surface area contributed by atoms with Crippen molar-refractivity contribution in [3.63, 3.8) is 0 Å². The lowest BCUT2D eigenvalue weighted by molar-refractivity contribution is 0.413. The largest absolute Gasteiger partial charge is 0.496 e. The van der Waals surface area contributed by atoms with Crippen LogP contribution < -0.4 is 15.0 Å². The lowest BCUT2D eigenvalue weighted by atomic mass is 10.1. The molecule has 0 spiro atoms. The zero-order valence-corrected chi connectivity index (χ0v) is 15.2. The number of nitrogens with one attached hydrogen (secondary N) is 1. The highest BCUT2D eigenvalue weighted by molar-refractivity contribution is 7.22. The Kier molecular flexibility index (Phi) is 3.79. The molecule has 0 amide bonds. The van der Waals surface area contributed by atoms with Crippen LogP contribution in [-0.4, -0.2) is 42.3 Å². The van der Waals surface area contributed by atoms with Crippen molar-refractivity contribution in [3.05, 3.63) is 36.4 Å². The molecule has 2 saturated heterocycles. The van der Waals surface area contributed by atoms with E-state index in [1.807, 2.05) is 6.07 Å². The monoisotopic (exact) mass is 370 g/mol. The van der Waals surface area contributed by atoms with Crippen LogP contribution in [0.5, 0.6) is 5.75 Å². The van der Waals surface area contributed by atoms with Gasteiger partial charge in [-0.05, 0) is 31.0 Å². The summed E-state index contributed by atoms with van der Waals surface area (Å²) in [6.07, 6.45) is 4.05. The van der Waals surface area contributed by atoms with Gasteiger partial charge in [-0.3, -0.25) is 0 Å². The summed E-state index contributed by atoms with van der Waals surface area (Å²) in [6.45, 7) is 1.91. The van der Waals surface area contributed by atoms with E-state index in [1.54, 1.807) is 25.6 Å². The smallest absolute Gasteiger partial charge is 0.140 e. The predicted octanol–water partition coefficient (Wildman–Crippen LogP) is 3.45. The fourth-order valence-electron chi connectivity index (χ4n) is 4.10. The van der Waals surface area contributed by atoms with Gasteiger partial charge in [0.1, 0.15) is 28.5 Å². The Labute approximate surface area is 154 Å². The van der Waals surface area contributed by atoms with Gasteiger partial charge in [0.2, 0.25) is 0 Å². The van der Waals surface area contributed by atoms with E-state index in [0.29, 0.717) is 23.4 Å². The summed E-state index contributed by atoms with van der Waals surface area (Å²) in [7, 11) is 1.56. The second kappa shape index (κ2) is 6.17. The minimum Gasteiger partial charge on any atom is -0.496 e. The van der Waals surface area contributed by atoms with Gasteiger partial charge in [0, 0.05) is 30.1 Å². The second-order valence-electron chi connectivity index (χ2n) is 6.89. The van der Waals surface area contributed by atoms with E-state index in [-0.39, 0.29) is 5.82 Å². The highest BCUT2D eigenvalue weighted by atomic mass is 32.1. The fraction of sp³-hybridized carbons (Fsp3) is 0.368. The van der Waals surface area contributed by atoms with Crippen molar-refractivity contribution in [2.24, 2.45) is 0 Å². The second-order valence-corrected chi connectivity index (χ2v) is 7.92. The summed E-state index contributed by atoms with van der Waals surface area (Å²) in [5, 5.41) is 4.63. The summed E-state index contributed by atoms with van der Waals surface area (Å²) >= 11 is 1.48. The quantitative estimate of drug-likeness (QED) is 0.765. The molecule has 1 N–H and O–H groups in total. The Balaban J connectivity index is 1.61. The third kappa shape index (κ3) is 2.54. The van der Waals surface area contributed by atoms with Gasteiger partial charge in [-0.15, -0.1) is 11.3 Å². The first-order chi connectivity index (χ1) is 12.7. The zero-order valence-electron chi connectivity index (χ0n) is 14.4. The van der Waals surface area contributed by atoms with Crippen LogP contribution in [0.4, 0.5) is 10.2 Å². The van der Waals surface area contributed by atoms with Crippen LogP contribution in [0.3, 0.4) is 0 Å². The highest BCUT2D eigenvalue weighted by Gasteiger charge is 2.33. The number of fused-ring (bicyclic) bond motifs is 3. The number of methoxy groups -OCH3 is 1.